The number of ether oxygens (including phenoxy) is 1. The van der Waals surface area contributed by atoms with Gasteiger partial charge >= 0.3 is 5.97 Å². The largest absolute Gasteiger partial charge is 0.480 e. The van der Waals surface area contributed by atoms with Crippen LogP contribution in [0.25, 0.3) is 0 Å². The first-order chi connectivity index (χ1) is 9.93. The molecular formula is C15H17NO5. The molecule has 0 saturated heterocycles. The number of aliphatic hydroxyl groups is 1. The summed E-state index contributed by atoms with van der Waals surface area (Å²) in [5.74, 6) is -3.70. The lowest BCUT2D eigenvalue weighted by atomic mass is 9.98. The van der Waals surface area contributed by atoms with Crippen LogP contribution in [0.3, 0.4) is 0 Å². The fourth-order valence-electron chi connectivity index (χ4n) is 2.15. The molecule has 21 heavy (non-hydrogen) atoms. The Morgan fingerprint density at radius 3 is 2.67 bits per heavy atom. The summed E-state index contributed by atoms with van der Waals surface area (Å²) in [6, 6.07) is 8.33. The molecule has 0 fully saturated rings. The quantitative estimate of drug-likeness (QED) is 0.779. The topological polar surface area (TPSA) is 87.1 Å². The van der Waals surface area contributed by atoms with Crippen LogP contribution >= 0.6 is 0 Å². The van der Waals surface area contributed by atoms with Crippen molar-refractivity contribution in [1.29, 1.82) is 0 Å². The molecule has 0 aromatic heterocycles. The van der Waals surface area contributed by atoms with Gasteiger partial charge in [0.05, 0.1) is 12.6 Å². The van der Waals surface area contributed by atoms with Gasteiger partial charge < -0.3 is 19.8 Å². The fourth-order valence-corrected chi connectivity index (χ4v) is 2.15. The van der Waals surface area contributed by atoms with Gasteiger partial charge in [0.1, 0.15) is 6.54 Å². The Morgan fingerprint density at radius 2 is 2.05 bits per heavy atom. The summed E-state index contributed by atoms with van der Waals surface area (Å²) < 4.78 is 5.41. The highest BCUT2D eigenvalue weighted by Gasteiger charge is 2.46. The second kappa shape index (κ2) is 6.07. The Hall–Kier alpha value is -2.18. The van der Waals surface area contributed by atoms with Crippen molar-refractivity contribution >= 4 is 11.8 Å². The van der Waals surface area contributed by atoms with E-state index < -0.39 is 23.6 Å². The molecule has 1 aliphatic heterocycles. The van der Waals surface area contributed by atoms with Crippen molar-refractivity contribution in [3.8, 4) is 0 Å². The van der Waals surface area contributed by atoms with Gasteiger partial charge in [0.25, 0.3) is 5.79 Å². The molecule has 0 amide bonds. The molecule has 1 aromatic carbocycles. The van der Waals surface area contributed by atoms with Crippen LogP contribution in [0.2, 0.25) is 0 Å². The van der Waals surface area contributed by atoms with E-state index in [1.807, 2.05) is 30.3 Å². The molecular weight excluding hydrogens is 274 g/mol. The minimum Gasteiger partial charge on any atom is -0.480 e. The maximum atomic E-state index is 11.9. The van der Waals surface area contributed by atoms with Crippen LogP contribution in [0, 0.1) is 0 Å². The number of benzene rings is 1. The molecule has 2 unspecified atom stereocenters. The van der Waals surface area contributed by atoms with Gasteiger partial charge in [-0.05, 0) is 12.5 Å². The zero-order chi connectivity index (χ0) is 15.5. The molecule has 0 radical (unpaired) electrons. The zero-order valence-electron chi connectivity index (χ0n) is 11.6. The summed E-state index contributed by atoms with van der Waals surface area (Å²) in [5.41, 5.74) is 0.810. The highest BCUT2D eigenvalue weighted by Crippen LogP contribution is 2.25. The smallest absolute Gasteiger partial charge is 0.323 e. The highest BCUT2D eigenvalue weighted by atomic mass is 16.6. The predicted octanol–water partition coefficient (Wildman–Crippen LogP) is 0.763. The molecule has 2 rings (SSSR count). The lowest BCUT2D eigenvalue weighted by Gasteiger charge is -2.40. The first kappa shape index (κ1) is 15.2. The van der Waals surface area contributed by atoms with E-state index in [1.54, 1.807) is 6.92 Å². The second-order valence-electron chi connectivity index (χ2n) is 4.89. The number of hydrogen-bond acceptors (Lipinski definition) is 5. The average Bonchev–Trinajstić information content (AvgIpc) is 2.47. The van der Waals surface area contributed by atoms with Crippen LogP contribution in [0.4, 0.5) is 0 Å². The van der Waals surface area contributed by atoms with E-state index in [2.05, 4.69) is 0 Å². The van der Waals surface area contributed by atoms with Gasteiger partial charge in [-0.25, -0.2) is 0 Å². The van der Waals surface area contributed by atoms with Crippen molar-refractivity contribution in [3.05, 3.63) is 48.2 Å². The highest BCUT2D eigenvalue weighted by molar-refractivity contribution is 5.97. The molecule has 112 valence electrons. The number of hydrogen-bond donors (Lipinski definition) is 2. The van der Waals surface area contributed by atoms with E-state index in [-0.39, 0.29) is 13.2 Å². The number of ketones is 1. The van der Waals surface area contributed by atoms with Crippen molar-refractivity contribution in [2.45, 2.75) is 25.4 Å². The molecule has 0 aliphatic carbocycles. The molecule has 2 atom stereocenters. The summed E-state index contributed by atoms with van der Waals surface area (Å²) in [6.07, 6.45) is 2.50. The van der Waals surface area contributed by atoms with Crippen LogP contribution < -0.4 is 0 Å². The number of aliphatic carboxylic acids is 1. The molecule has 6 heteroatoms. The van der Waals surface area contributed by atoms with E-state index in [9.17, 15) is 14.7 Å². The third kappa shape index (κ3) is 3.29. The average molecular weight is 291 g/mol. The fraction of sp³-hybridized carbons (Fsp3) is 0.333. The molecule has 0 spiro atoms. The van der Waals surface area contributed by atoms with E-state index in [0.717, 1.165) is 11.6 Å². The van der Waals surface area contributed by atoms with Gasteiger partial charge in [0.15, 0.2) is 0 Å². The molecule has 1 heterocycles. The third-order valence-electron chi connectivity index (χ3n) is 3.45. The van der Waals surface area contributed by atoms with E-state index >= 15 is 0 Å². The lowest BCUT2D eigenvalue weighted by Crippen LogP contribution is -2.59. The standard InChI is InChI=1S/C15H17NO5/c1-11-15(20,21-10-12-5-3-2-4-6-12)13(17)7-8-16(11)9-14(18)19/h2-8,11,20H,9-10H2,1H3,(H,18,19). The monoisotopic (exact) mass is 291 g/mol. The first-order valence-corrected chi connectivity index (χ1v) is 6.54. The summed E-state index contributed by atoms with van der Waals surface area (Å²) in [7, 11) is 0. The van der Waals surface area contributed by atoms with Crippen molar-refractivity contribution in [3.63, 3.8) is 0 Å². The zero-order valence-corrected chi connectivity index (χ0v) is 11.6. The third-order valence-corrected chi connectivity index (χ3v) is 3.45. The minimum absolute atomic E-state index is 0.0577. The maximum Gasteiger partial charge on any atom is 0.323 e. The number of carbonyl (C=O) groups excluding carboxylic acids is 1. The van der Waals surface area contributed by atoms with Gasteiger partial charge in [-0.1, -0.05) is 30.3 Å². The number of carboxylic acid groups (broad SMARTS) is 1. The Kier molecular flexibility index (Phi) is 4.40. The summed E-state index contributed by atoms with van der Waals surface area (Å²) >= 11 is 0. The molecule has 6 nitrogen and oxygen atoms in total. The predicted molar refractivity (Wildman–Crippen MR) is 74.1 cm³/mol. The number of nitrogens with zero attached hydrogens (tertiary/aromatic N) is 1. The van der Waals surface area contributed by atoms with E-state index in [0.29, 0.717) is 0 Å². The van der Waals surface area contributed by atoms with Gasteiger partial charge in [-0.2, -0.15) is 0 Å². The number of carboxylic acids is 1. The molecule has 1 aromatic rings. The second-order valence-corrected chi connectivity index (χ2v) is 4.89. The van der Waals surface area contributed by atoms with Crippen molar-refractivity contribution < 1.29 is 24.5 Å². The Bertz CT molecular complexity index is 556. The van der Waals surface area contributed by atoms with Crippen LogP contribution in [0.5, 0.6) is 0 Å². The SMILES string of the molecule is CC1N(CC(=O)O)C=CC(=O)C1(O)OCc1ccccc1. The van der Waals surface area contributed by atoms with Crippen LogP contribution in [0.1, 0.15) is 12.5 Å². The molecule has 2 N–H and O–H groups in total. The van der Waals surface area contributed by atoms with Gasteiger partial charge in [0, 0.05) is 12.3 Å². The lowest BCUT2D eigenvalue weighted by molar-refractivity contribution is -0.230. The van der Waals surface area contributed by atoms with E-state index in [1.165, 1.54) is 11.1 Å². The molecule has 0 saturated carbocycles. The number of carbonyl (C=O) groups is 2. The first-order valence-electron chi connectivity index (χ1n) is 6.54. The van der Waals surface area contributed by atoms with Crippen LogP contribution in [-0.4, -0.2) is 45.2 Å². The van der Waals surface area contributed by atoms with Gasteiger partial charge in [-0.15, -0.1) is 0 Å². The van der Waals surface area contributed by atoms with Crippen molar-refractivity contribution in [2.75, 3.05) is 6.54 Å². The summed E-state index contributed by atoms with van der Waals surface area (Å²) in [6.45, 7) is 1.29. The van der Waals surface area contributed by atoms with Crippen molar-refractivity contribution in [2.24, 2.45) is 0 Å². The van der Waals surface area contributed by atoms with E-state index in [4.69, 9.17) is 9.84 Å². The van der Waals surface area contributed by atoms with Gasteiger partial charge in [0.2, 0.25) is 5.78 Å². The minimum atomic E-state index is -2.06. The van der Waals surface area contributed by atoms with Gasteiger partial charge in [-0.3, -0.25) is 9.59 Å². The number of rotatable bonds is 5. The summed E-state index contributed by atoms with van der Waals surface area (Å²) in [5, 5.41) is 19.3. The molecule has 1 aliphatic rings. The van der Waals surface area contributed by atoms with Crippen LogP contribution in [0.15, 0.2) is 42.6 Å². The Labute approximate surface area is 122 Å². The molecule has 0 bridgehead atoms. The van der Waals surface area contributed by atoms with Crippen LogP contribution in [-0.2, 0) is 20.9 Å². The van der Waals surface area contributed by atoms with Crippen molar-refractivity contribution in [1.82, 2.24) is 4.90 Å². The Morgan fingerprint density at radius 1 is 1.38 bits per heavy atom. The maximum absolute atomic E-state index is 11.9. The Balaban J connectivity index is 2.13. The normalized spacial score (nSPS) is 25.1. The summed E-state index contributed by atoms with van der Waals surface area (Å²) in [4.78, 5) is 24.1.